The van der Waals surface area contributed by atoms with Gasteiger partial charge >= 0.3 is 6.18 Å². The van der Waals surface area contributed by atoms with E-state index >= 15 is 0 Å². The summed E-state index contributed by atoms with van der Waals surface area (Å²) in [5.41, 5.74) is -1.16. The van der Waals surface area contributed by atoms with Gasteiger partial charge in [-0.3, -0.25) is 4.98 Å². The van der Waals surface area contributed by atoms with Crippen LogP contribution in [0.3, 0.4) is 0 Å². The number of aromatic nitrogens is 1. The van der Waals surface area contributed by atoms with E-state index in [1.54, 1.807) is 13.8 Å². The predicted molar refractivity (Wildman–Crippen MR) is 69.9 cm³/mol. The standard InChI is InChI=1S/C12H17F3N2O3S/c1-8(2)10(18)5-6-17-21(19,20)9-3-4-11(16-7-9)12(13,14)15/h3-4,7-8,10,17-18H,5-6H2,1-2H3/t10-/m0/s1. The summed E-state index contributed by atoms with van der Waals surface area (Å²) >= 11 is 0. The number of hydrogen-bond donors (Lipinski definition) is 2. The van der Waals surface area contributed by atoms with Gasteiger partial charge in [-0.2, -0.15) is 13.2 Å². The van der Waals surface area contributed by atoms with Crippen LogP contribution in [-0.2, 0) is 16.2 Å². The number of hydrogen-bond acceptors (Lipinski definition) is 4. The van der Waals surface area contributed by atoms with E-state index in [0.29, 0.717) is 12.3 Å². The predicted octanol–water partition coefficient (Wildman–Crippen LogP) is 1.79. The first-order valence-corrected chi connectivity index (χ1v) is 7.73. The average molecular weight is 326 g/mol. The van der Waals surface area contributed by atoms with Gasteiger partial charge in [-0.25, -0.2) is 13.1 Å². The topological polar surface area (TPSA) is 79.3 Å². The van der Waals surface area contributed by atoms with Crippen molar-refractivity contribution in [3.8, 4) is 0 Å². The maximum Gasteiger partial charge on any atom is 0.433 e. The number of sulfonamides is 1. The van der Waals surface area contributed by atoms with Crippen LogP contribution in [0.5, 0.6) is 0 Å². The zero-order valence-electron chi connectivity index (χ0n) is 11.6. The summed E-state index contributed by atoms with van der Waals surface area (Å²) in [6.07, 6.45) is -4.40. The number of aliphatic hydroxyl groups excluding tert-OH is 1. The normalized spacial score (nSPS) is 14.4. The maximum absolute atomic E-state index is 12.3. The summed E-state index contributed by atoms with van der Waals surface area (Å²) in [4.78, 5) is 2.74. The number of pyridine rings is 1. The highest BCUT2D eigenvalue weighted by Crippen LogP contribution is 2.27. The maximum atomic E-state index is 12.3. The van der Waals surface area contributed by atoms with Gasteiger partial charge in [-0.15, -0.1) is 0 Å². The Morgan fingerprint density at radius 3 is 2.38 bits per heavy atom. The van der Waals surface area contributed by atoms with Gasteiger partial charge in [0, 0.05) is 12.7 Å². The summed E-state index contributed by atoms with van der Waals surface area (Å²) in [6, 6.07) is 1.45. The molecule has 2 N–H and O–H groups in total. The lowest BCUT2D eigenvalue weighted by atomic mass is 10.1. The van der Waals surface area contributed by atoms with Crippen molar-refractivity contribution < 1.29 is 26.7 Å². The van der Waals surface area contributed by atoms with Gasteiger partial charge in [0.15, 0.2) is 0 Å². The highest BCUT2D eigenvalue weighted by Gasteiger charge is 2.32. The second-order valence-electron chi connectivity index (χ2n) is 4.87. The molecule has 0 fully saturated rings. The molecule has 0 saturated carbocycles. The summed E-state index contributed by atoms with van der Waals surface area (Å²) in [7, 11) is -3.93. The fraction of sp³-hybridized carbons (Fsp3) is 0.583. The Labute approximate surface area is 121 Å². The van der Waals surface area contributed by atoms with Crippen LogP contribution in [0.2, 0.25) is 0 Å². The van der Waals surface area contributed by atoms with E-state index in [9.17, 15) is 26.7 Å². The first-order valence-electron chi connectivity index (χ1n) is 6.25. The van der Waals surface area contributed by atoms with Crippen LogP contribution in [-0.4, -0.2) is 31.2 Å². The molecule has 1 rings (SSSR count). The van der Waals surface area contributed by atoms with Gasteiger partial charge in [-0.05, 0) is 24.5 Å². The van der Waals surface area contributed by atoms with Gasteiger partial charge in [0.1, 0.15) is 10.6 Å². The molecular formula is C12H17F3N2O3S. The van der Waals surface area contributed by atoms with Crippen molar-refractivity contribution in [2.45, 2.75) is 37.4 Å². The van der Waals surface area contributed by atoms with E-state index in [1.165, 1.54) is 0 Å². The van der Waals surface area contributed by atoms with E-state index in [4.69, 9.17) is 0 Å². The van der Waals surface area contributed by atoms with E-state index in [1.807, 2.05) is 0 Å². The Hall–Kier alpha value is -1.19. The first-order chi connectivity index (χ1) is 9.54. The highest BCUT2D eigenvalue weighted by atomic mass is 32.2. The van der Waals surface area contributed by atoms with Crippen LogP contribution in [0.15, 0.2) is 23.2 Å². The Balaban J connectivity index is 2.71. The fourth-order valence-corrected chi connectivity index (χ4v) is 2.46. The third kappa shape index (κ3) is 5.25. The summed E-state index contributed by atoms with van der Waals surface area (Å²) in [5.74, 6) is -0.0118. The molecule has 5 nitrogen and oxygen atoms in total. The van der Waals surface area contributed by atoms with Gasteiger partial charge in [0.2, 0.25) is 10.0 Å². The number of nitrogens with one attached hydrogen (secondary N) is 1. The van der Waals surface area contributed by atoms with Crippen LogP contribution in [0.25, 0.3) is 0 Å². The van der Waals surface area contributed by atoms with Crippen molar-refractivity contribution in [1.82, 2.24) is 9.71 Å². The van der Waals surface area contributed by atoms with Gasteiger partial charge in [0.05, 0.1) is 6.10 Å². The van der Waals surface area contributed by atoms with Crippen molar-refractivity contribution >= 4 is 10.0 Å². The SMILES string of the molecule is CC(C)[C@@H](O)CCNS(=O)(=O)c1ccc(C(F)(F)F)nc1. The van der Waals surface area contributed by atoms with Crippen LogP contribution in [0, 0.1) is 5.92 Å². The number of rotatable bonds is 6. The molecule has 0 saturated heterocycles. The second-order valence-corrected chi connectivity index (χ2v) is 6.64. The minimum atomic E-state index is -4.61. The molecule has 1 aromatic heterocycles. The number of alkyl halides is 3. The quantitative estimate of drug-likeness (QED) is 0.835. The van der Waals surface area contributed by atoms with Crippen LogP contribution in [0.1, 0.15) is 26.0 Å². The molecule has 0 aromatic carbocycles. The van der Waals surface area contributed by atoms with E-state index in [2.05, 4.69) is 9.71 Å². The Bertz CT molecular complexity index is 556. The number of nitrogens with zero attached hydrogens (tertiary/aromatic N) is 1. The smallest absolute Gasteiger partial charge is 0.393 e. The number of aliphatic hydroxyl groups is 1. The molecule has 1 atom stereocenters. The fourth-order valence-electron chi connectivity index (χ4n) is 1.46. The molecule has 0 unspecified atom stereocenters. The third-order valence-corrected chi connectivity index (χ3v) is 4.29. The minimum absolute atomic E-state index is 0.0112. The highest BCUT2D eigenvalue weighted by molar-refractivity contribution is 7.89. The first kappa shape index (κ1) is 17.9. The Morgan fingerprint density at radius 1 is 1.33 bits per heavy atom. The zero-order chi connectivity index (χ0) is 16.3. The summed E-state index contributed by atoms with van der Waals surface area (Å²) in [6.45, 7) is 3.57. The zero-order valence-corrected chi connectivity index (χ0v) is 12.4. The van der Waals surface area contributed by atoms with Crippen molar-refractivity contribution in [3.63, 3.8) is 0 Å². The van der Waals surface area contributed by atoms with Gasteiger partial charge < -0.3 is 5.11 Å². The molecule has 0 spiro atoms. The van der Waals surface area contributed by atoms with Gasteiger partial charge in [0.25, 0.3) is 0 Å². The van der Waals surface area contributed by atoms with Crippen molar-refractivity contribution in [2.75, 3.05) is 6.54 Å². The van der Waals surface area contributed by atoms with Crippen molar-refractivity contribution in [3.05, 3.63) is 24.0 Å². The van der Waals surface area contributed by atoms with E-state index < -0.39 is 28.0 Å². The lowest BCUT2D eigenvalue weighted by molar-refractivity contribution is -0.141. The molecule has 9 heteroatoms. The largest absolute Gasteiger partial charge is 0.433 e. The molecule has 0 amide bonds. The molecule has 0 bridgehead atoms. The molecule has 21 heavy (non-hydrogen) atoms. The third-order valence-electron chi connectivity index (χ3n) is 2.84. The van der Waals surface area contributed by atoms with Crippen LogP contribution < -0.4 is 4.72 Å². The van der Waals surface area contributed by atoms with Crippen molar-refractivity contribution in [2.24, 2.45) is 5.92 Å². The van der Waals surface area contributed by atoms with Crippen molar-refractivity contribution in [1.29, 1.82) is 0 Å². The van der Waals surface area contributed by atoms with Crippen LogP contribution in [0.4, 0.5) is 13.2 Å². The second kappa shape index (κ2) is 6.71. The molecule has 1 heterocycles. The Kier molecular flexibility index (Phi) is 5.71. The van der Waals surface area contributed by atoms with Crippen LogP contribution >= 0.6 is 0 Å². The molecule has 0 aliphatic rings. The lowest BCUT2D eigenvalue weighted by Crippen LogP contribution is -2.29. The lowest BCUT2D eigenvalue weighted by Gasteiger charge is -2.14. The summed E-state index contributed by atoms with van der Waals surface area (Å²) < 4.78 is 62.9. The van der Waals surface area contributed by atoms with Gasteiger partial charge in [-0.1, -0.05) is 13.8 Å². The summed E-state index contributed by atoms with van der Waals surface area (Å²) in [5, 5.41) is 9.55. The molecule has 0 aliphatic carbocycles. The van der Waals surface area contributed by atoms with E-state index in [-0.39, 0.29) is 23.8 Å². The monoisotopic (exact) mass is 326 g/mol. The minimum Gasteiger partial charge on any atom is -0.393 e. The molecule has 0 radical (unpaired) electrons. The average Bonchev–Trinajstić information content (AvgIpc) is 2.37. The van der Waals surface area contributed by atoms with E-state index in [0.717, 1.165) is 6.07 Å². The number of halogens is 3. The molecular weight excluding hydrogens is 309 g/mol. The molecule has 120 valence electrons. The molecule has 0 aliphatic heterocycles. The molecule has 1 aromatic rings. The Morgan fingerprint density at radius 2 is 1.95 bits per heavy atom.